The van der Waals surface area contributed by atoms with Crippen molar-refractivity contribution in [2.75, 3.05) is 7.05 Å². The molecule has 7 heteroatoms. The standard InChI is InChI=1S/C16H16FN5O/c1-10-8-11(2)22-16(18-10)19-14(20-22)15(23)21(3)9-12-4-6-13(17)7-5-12/h4-8H,9H2,1-3H3. The van der Waals surface area contributed by atoms with Crippen molar-refractivity contribution in [1.29, 1.82) is 0 Å². The summed E-state index contributed by atoms with van der Waals surface area (Å²) in [5.74, 6) is -0.115. The molecule has 0 aliphatic heterocycles. The third-order valence-corrected chi connectivity index (χ3v) is 3.49. The van der Waals surface area contributed by atoms with Crippen LogP contribution in [-0.4, -0.2) is 37.4 Å². The van der Waals surface area contributed by atoms with E-state index >= 15 is 0 Å². The van der Waals surface area contributed by atoms with Crippen LogP contribution < -0.4 is 0 Å². The zero-order valence-electron chi connectivity index (χ0n) is 13.1. The van der Waals surface area contributed by atoms with E-state index in [4.69, 9.17) is 0 Å². The summed E-state index contributed by atoms with van der Waals surface area (Å²) in [6.07, 6.45) is 0. The van der Waals surface area contributed by atoms with Crippen LogP contribution in [0.15, 0.2) is 30.3 Å². The van der Waals surface area contributed by atoms with Gasteiger partial charge in [0.2, 0.25) is 5.82 Å². The molecule has 0 atom stereocenters. The van der Waals surface area contributed by atoms with E-state index in [0.29, 0.717) is 12.3 Å². The van der Waals surface area contributed by atoms with Crippen LogP contribution in [0.2, 0.25) is 0 Å². The fourth-order valence-electron chi connectivity index (χ4n) is 2.36. The molecule has 3 rings (SSSR count). The molecule has 3 aromatic rings. The molecule has 23 heavy (non-hydrogen) atoms. The van der Waals surface area contributed by atoms with Crippen molar-refractivity contribution in [2.24, 2.45) is 0 Å². The molecular weight excluding hydrogens is 297 g/mol. The number of carbonyl (C=O) groups excluding carboxylic acids is 1. The minimum Gasteiger partial charge on any atom is -0.335 e. The number of fused-ring (bicyclic) bond motifs is 1. The average Bonchev–Trinajstić information content (AvgIpc) is 2.93. The molecule has 0 fully saturated rings. The third-order valence-electron chi connectivity index (χ3n) is 3.49. The molecule has 0 spiro atoms. The Balaban J connectivity index is 1.84. The number of hydrogen-bond donors (Lipinski definition) is 0. The highest BCUT2D eigenvalue weighted by molar-refractivity contribution is 5.90. The van der Waals surface area contributed by atoms with E-state index < -0.39 is 0 Å². The molecule has 6 nitrogen and oxygen atoms in total. The zero-order valence-corrected chi connectivity index (χ0v) is 13.1. The second-order valence-corrected chi connectivity index (χ2v) is 5.47. The number of aromatic nitrogens is 4. The van der Waals surface area contributed by atoms with E-state index in [0.717, 1.165) is 17.0 Å². The molecule has 0 N–H and O–H groups in total. The summed E-state index contributed by atoms with van der Waals surface area (Å²) in [6.45, 7) is 4.09. The molecule has 0 radical (unpaired) electrons. The molecule has 2 aromatic heterocycles. The summed E-state index contributed by atoms with van der Waals surface area (Å²) in [5.41, 5.74) is 2.51. The van der Waals surface area contributed by atoms with Crippen LogP contribution in [0.4, 0.5) is 4.39 Å². The first-order valence-corrected chi connectivity index (χ1v) is 7.15. The first-order chi connectivity index (χ1) is 10.9. The predicted octanol–water partition coefficient (Wildman–Crippen LogP) is 2.15. The number of carbonyl (C=O) groups is 1. The van der Waals surface area contributed by atoms with Gasteiger partial charge in [-0.05, 0) is 37.6 Å². The number of nitrogens with zero attached hydrogens (tertiary/aromatic N) is 5. The van der Waals surface area contributed by atoms with Gasteiger partial charge in [-0.3, -0.25) is 4.79 Å². The molecule has 0 saturated carbocycles. The molecule has 0 aliphatic carbocycles. The maximum absolute atomic E-state index is 12.9. The Kier molecular flexibility index (Phi) is 3.77. The topological polar surface area (TPSA) is 63.4 Å². The number of amides is 1. The predicted molar refractivity (Wildman–Crippen MR) is 82.5 cm³/mol. The van der Waals surface area contributed by atoms with Crippen LogP contribution in [0.25, 0.3) is 5.78 Å². The largest absolute Gasteiger partial charge is 0.335 e. The molecule has 1 amide bonds. The van der Waals surface area contributed by atoms with Crippen molar-refractivity contribution in [3.05, 3.63) is 58.9 Å². The first-order valence-electron chi connectivity index (χ1n) is 7.15. The van der Waals surface area contributed by atoms with E-state index in [9.17, 15) is 9.18 Å². The number of halogens is 1. The Hall–Kier alpha value is -2.83. The van der Waals surface area contributed by atoms with Crippen LogP contribution in [0.1, 0.15) is 27.6 Å². The van der Waals surface area contributed by atoms with E-state index in [2.05, 4.69) is 15.1 Å². The number of benzene rings is 1. The van der Waals surface area contributed by atoms with Gasteiger partial charge in [-0.2, -0.15) is 4.98 Å². The number of rotatable bonds is 3. The fourth-order valence-corrected chi connectivity index (χ4v) is 2.36. The van der Waals surface area contributed by atoms with Gasteiger partial charge in [0.15, 0.2) is 0 Å². The molecule has 0 saturated heterocycles. The second-order valence-electron chi connectivity index (χ2n) is 5.47. The Morgan fingerprint density at radius 1 is 1.22 bits per heavy atom. The van der Waals surface area contributed by atoms with E-state index in [1.165, 1.54) is 17.0 Å². The van der Waals surface area contributed by atoms with Gasteiger partial charge in [0.05, 0.1) is 0 Å². The summed E-state index contributed by atoms with van der Waals surface area (Å²) >= 11 is 0. The van der Waals surface area contributed by atoms with Crippen LogP contribution in [0, 0.1) is 19.7 Å². The van der Waals surface area contributed by atoms with E-state index in [1.807, 2.05) is 19.9 Å². The van der Waals surface area contributed by atoms with Gasteiger partial charge >= 0.3 is 0 Å². The lowest BCUT2D eigenvalue weighted by Gasteiger charge is -2.15. The average molecular weight is 313 g/mol. The monoisotopic (exact) mass is 313 g/mol. The zero-order chi connectivity index (χ0) is 16.6. The summed E-state index contributed by atoms with van der Waals surface area (Å²) in [5, 5.41) is 4.22. The van der Waals surface area contributed by atoms with Crippen LogP contribution in [0.3, 0.4) is 0 Å². The highest BCUT2D eigenvalue weighted by Gasteiger charge is 2.19. The molecule has 0 aliphatic rings. The Morgan fingerprint density at radius 3 is 2.61 bits per heavy atom. The summed E-state index contributed by atoms with van der Waals surface area (Å²) in [4.78, 5) is 22.4. The lowest BCUT2D eigenvalue weighted by atomic mass is 10.2. The van der Waals surface area contributed by atoms with Gasteiger partial charge in [-0.25, -0.2) is 13.9 Å². The van der Waals surface area contributed by atoms with Gasteiger partial charge in [0, 0.05) is 25.0 Å². The molecule has 0 bridgehead atoms. The van der Waals surface area contributed by atoms with Crippen molar-refractivity contribution in [3.8, 4) is 0 Å². The van der Waals surface area contributed by atoms with Crippen LogP contribution in [-0.2, 0) is 6.54 Å². The Bertz CT molecular complexity index is 872. The summed E-state index contributed by atoms with van der Waals surface area (Å²) in [7, 11) is 1.66. The molecule has 1 aromatic carbocycles. The maximum Gasteiger partial charge on any atom is 0.293 e. The minimum absolute atomic E-state index is 0.0933. The SMILES string of the molecule is Cc1cc(C)n2nc(C(=O)N(C)Cc3ccc(F)cc3)nc2n1. The van der Waals surface area contributed by atoms with Crippen molar-refractivity contribution in [3.63, 3.8) is 0 Å². The summed E-state index contributed by atoms with van der Waals surface area (Å²) in [6, 6.07) is 7.90. The van der Waals surface area contributed by atoms with Gasteiger partial charge in [0.25, 0.3) is 11.7 Å². The third kappa shape index (κ3) is 3.03. The van der Waals surface area contributed by atoms with Gasteiger partial charge < -0.3 is 4.90 Å². The maximum atomic E-state index is 12.9. The summed E-state index contributed by atoms with van der Waals surface area (Å²) < 4.78 is 14.5. The smallest absolute Gasteiger partial charge is 0.293 e. The van der Waals surface area contributed by atoms with Gasteiger partial charge in [-0.15, -0.1) is 5.10 Å². The lowest BCUT2D eigenvalue weighted by molar-refractivity contribution is 0.0773. The molecular formula is C16H16FN5O. The van der Waals surface area contributed by atoms with Gasteiger partial charge in [-0.1, -0.05) is 12.1 Å². The van der Waals surface area contributed by atoms with Crippen molar-refractivity contribution >= 4 is 11.7 Å². The van der Waals surface area contributed by atoms with Crippen molar-refractivity contribution in [2.45, 2.75) is 20.4 Å². The van der Waals surface area contributed by atoms with Gasteiger partial charge in [0.1, 0.15) is 5.82 Å². The molecule has 0 unspecified atom stereocenters. The quantitative estimate of drug-likeness (QED) is 0.743. The Morgan fingerprint density at radius 2 is 1.91 bits per heavy atom. The second kappa shape index (κ2) is 5.75. The number of hydrogen-bond acceptors (Lipinski definition) is 4. The lowest BCUT2D eigenvalue weighted by Crippen LogP contribution is -2.27. The van der Waals surface area contributed by atoms with Crippen LogP contribution >= 0.6 is 0 Å². The highest BCUT2D eigenvalue weighted by Crippen LogP contribution is 2.10. The molecule has 2 heterocycles. The Labute approximate surface area is 132 Å². The fraction of sp³-hybridized carbons (Fsp3) is 0.250. The first kappa shape index (κ1) is 15.1. The minimum atomic E-state index is -0.308. The highest BCUT2D eigenvalue weighted by atomic mass is 19.1. The normalized spacial score (nSPS) is 11.0. The van der Waals surface area contributed by atoms with E-state index in [1.54, 1.807) is 23.7 Å². The van der Waals surface area contributed by atoms with Crippen molar-refractivity contribution < 1.29 is 9.18 Å². The van der Waals surface area contributed by atoms with Crippen molar-refractivity contribution in [1.82, 2.24) is 24.5 Å². The number of aryl methyl sites for hydroxylation is 2. The molecule has 118 valence electrons. The van der Waals surface area contributed by atoms with E-state index in [-0.39, 0.29) is 17.5 Å². The van der Waals surface area contributed by atoms with Crippen LogP contribution in [0.5, 0.6) is 0 Å².